The summed E-state index contributed by atoms with van der Waals surface area (Å²) in [5, 5.41) is 4.18. The summed E-state index contributed by atoms with van der Waals surface area (Å²) >= 11 is 0. The predicted molar refractivity (Wildman–Crippen MR) is 83.4 cm³/mol. The second-order valence-electron chi connectivity index (χ2n) is 4.84. The van der Waals surface area contributed by atoms with Crippen molar-refractivity contribution in [2.75, 3.05) is 11.9 Å². The number of carbonyl (C=O) groups excluding carboxylic acids is 2. The molecule has 0 heterocycles. The van der Waals surface area contributed by atoms with Crippen LogP contribution < -0.4 is 10.6 Å². The fourth-order valence-corrected chi connectivity index (χ4v) is 1.82. The molecule has 2 rings (SSSR count). The zero-order chi connectivity index (χ0) is 18.4. The molecular formula is C17H12F4N2O2. The molecule has 0 aliphatic heterocycles. The van der Waals surface area contributed by atoms with E-state index in [4.69, 9.17) is 0 Å². The number of carbonyl (C=O) groups is 2. The Morgan fingerprint density at radius 1 is 0.920 bits per heavy atom. The lowest BCUT2D eigenvalue weighted by molar-refractivity contribution is -0.121. The van der Waals surface area contributed by atoms with Gasteiger partial charge in [-0.25, -0.2) is 17.6 Å². The van der Waals surface area contributed by atoms with Gasteiger partial charge < -0.3 is 10.6 Å². The molecule has 2 N–H and O–H groups in total. The van der Waals surface area contributed by atoms with E-state index < -0.39 is 47.3 Å². The van der Waals surface area contributed by atoms with Crippen LogP contribution in [0.5, 0.6) is 0 Å². The molecular weight excluding hydrogens is 340 g/mol. The molecule has 0 saturated carbocycles. The number of hydrogen-bond acceptors (Lipinski definition) is 2. The van der Waals surface area contributed by atoms with Crippen LogP contribution in [0.3, 0.4) is 0 Å². The highest BCUT2D eigenvalue weighted by molar-refractivity contribution is 5.98. The first-order chi connectivity index (χ1) is 11.9. The minimum absolute atomic E-state index is 0.186. The fourth-order valence-electron chi connectivity index (χ4n) is 1.82. The van der Waals surface area contributed by atoms with Crippen molar-refractivity contribution in [3.8, 4) is 0 Å². The minimum Gasteiger partial charge on any atom is -0.343 e. The Kier molecular flexibility index (Phi) is 5.89. The predicted octanol–water partition coefficient (Wildman–Crippen LogP) is 3.01. The quantitative estimate of drug-likeness (QED) is 0.494. The monoisotopic (exact) mass is 352 g/mol. The lowest BCUT2D eigenvalue weighted by Gasteiger charge is -2.07. The average Bonchev–Trinajstić information content (AvgIpc) is 2.60. The lowest BCUT2D eigenvalue weighted by Crippen LogP contribution is -2.32. The summed E-state index contributed by atoms with van der Waals surface area (Å²) in [4.78, 5) is 23.2. The standard InChI is InChI=1S/C17H12F4N2O2/c18-11-4-2-1-3-10(11)5-8-14(24)22-9-15(25)23-13-7-6-12(19)16(20)17(13)21/h1-8H,9H2,(H,22,24)(H,23,25). The molecule has 0 aliphatic carbocycles. The van der Waals surface area contributed by atoms with E-state index in [1.165, 1.54) is 24.3 Å². The van der Waals surface area contributed by atoms with E-state index in [9.17, 15) is 27.2 Å². The highest BCUT2D eigenvalue weighted by Gasteiger charge is 2.15. The van der Waals surface area contributed by atoms with Crippen LogP contribution in [0.15, 0.2) is 42.5 Å². The smallest absolute Gasteiger partial charge is 0.244 e. The van der Waals surface area contributed by atoms with Crippen LogP contribution in [0.25, 0.3) is 6.08 Å². The van der Waals surface area contributed by atoms with Gasteiger partial charge in [0.05, 0.1) is 12.2 Å². The van der Waals surface area contributed by atoms with Gasteiger partial charge in [0.15, 0.2) is 17.5 Å². The molecule has 0 fully saturated rings. The highest BCUT2D eigenvalue weighted by Crippen LogP contribution is 2.19. The van der Waals surface area contributed by atoms with Gasteiger partial charge in [0.1, 0.15) is 5.82 Å². The van der Waals surface area contributed by atoms with Gasteiger partial charge in [0, 0.05) is 11.6 Å². The van der Waals surface area contributed by atoms with Crippen LogP contribution in [-0.4, -0.2) is 18.4 Å². The molecule has 130 valence electrons. The third kappa shape index (κ3) is 4.90. The molecule has 0 unspecified atom stereocenters. The summed E-state index contributed by atoms with van der Waals surface area (Å²) in [5.74, 6) is -6.70. The van der Waals surface area contributed by atoms with Crippen molar-refractivity contribution >= 4 is 23.6 Å². The first-order valence-electron chi connectivity index (χ1n) is 7.02. The molecule has 0 bridgehead atoms. The van der Waals surface area contributed by atoms with Gasteiger partial charge in [0.25, 0.3) is 0 Å². The summed E-state index contributed by atoms with van der Waals surface area (Å²) < 4.78 is 52.6. The number of hydrogen-bond donors (Lipinski definition) is 2. The number of anilines is 1. The van der Waals surface area contributed by atoms with E-state index in [0.717, 1.165) is 12.1 Å². The highest BCUT2D eigenvalue weighted by atomic mass is 19.2. The maximum absolute atomic E-state index is 13.4. The van der Waals surface area contributed by atoms with Crippen LogP contribution in [-0.2, 0) is 9.59 Å². The van der Waals surface area contributed by atoms with Crippen molar-refractivity contribution < 1.29 is 27.2 Å². The molecule has 4 nitrogen and oxygen atoms in total. The maximum atomic E-state index is 13.4. The van der Waals surface area contributed by atoms with E-state index in [2.05, 4.69) is 5.32 Å². The first kappa shape index (κ1) is 18.2. The Balaban J connectivity index is 1.89. The number of benzene rings is 2. The van der Waals surface area contributed by atoms with Gasteiger partial charge in [-0.15, -0.1) is 0 Å². The third-order valence-corrected chi connectivity index (χ3v) is 3.05. The molecule has 2 aromatic rings. The number of amides is 2. The van der Waals surface area contributed by atoms with Gasteiger partial charge in [-0.3, -0.25) is 9.59 Å². The van der Waals surface area contributed by atoms with Crippen LogP contribution >= 0.6 is 0 Å². The van der Waals surface area contributed by atoms with E-state index in [-0.39, 0.29) is 5.56 Å². The van der Waals surface area contributed by atoms with Crippen molar-refractivity contribution in [3.63, 3.8) is 0 Å². The number of nitrogens with one attached hydrogen (secondary N) is 2. The Bertz CT molecular complexity index is 837. The second kappa shape index (κ2) is 8.09. The van der Waals surface area contributed by atoms with Crippen LogP contribution in [0.4, 0.5) is 23.2 Å². The Labute approximate surface area is 140 Å². The van der Waals surface area contributed by atoms with Gasteiger partial charge in [-0.2, -0.15) is 0 Å². The van der Waals surface area contributed by atoms with E-state index >= 15 is 0 Å². The van der Waals surface area contributed by atoms with Crippen molar-refractivity contribution in [1.29, 1.82) is 0 Å². The third-order valence-electron chi connectivity index (χ3n) is 3.05. The SMILES string of the molecule is O=C(C=Cc1ccccc1F)NCC(=O)Nc1ccc(F)c(F)c1F. The van der Waals surface area contributed by atoms with Gasteiger partial charge >= 0.3 is 0 Å². The summed E-state index contributed by atoms with van der Waals surface area (Å²) in [6.07, 6.45) is 2.24. The van der Waals surface area contributed by atoms with Crippen molar-refractivity contribution in [3.05, 3.63) is 71.3 Å². The molecule has 0 atom stereocenters. The molecule has 0 spiro atoms. The summed E-state index contributed by atoms with van der Waals surface area (Å²) in [5.41, 5.74) is -0.369. The normalized spacial score (nSPS) is 10.7. The van der Waals surface area contributed by atoms with Crippen LogP contribution in [0, 0.1) is 23.3 Å². The van der Waals surface area contributed by atoms with E-state index in [1.54, 1.807) is 6.07 Å². The molecule has 0 aliphatic rings. The largest absolute Gasteiger partial charge is 0.343 e. The zero-order valence-electron chi connectivity index (χ0n) is 12.7. The van der Waals surface area contributed by atoms with Crippen molar-refractivity contribution in [2.24, 2.45) is 0 Å². The van der Waals surface area contributed by atoms with Crippen LogP contribution in [0.1, 0.15) is 5.56 Å². The molecule has 8 heteroatoms. The molecule has 2 aromatic carbocycles. The first-order valence-corrected chi connectivity index (χ1v) is 7.02. The average molecular weight is 352 g/mol. The topological polar surface area (TPSA) is 58.2 Å². The summed E-state index contributed by atoms with van der Waals surface area (Å²) in [7, 11) is 0. The van der Waals surface area contributed by atoms with Gasteiger partial charge in [-0.1, -0.05) is 18.2 Å². The molecule has 25 heavy (non-hydrogen) atoms. The van der Waals surface area contributed by atoms with Crippen molar-refractivity contribution in [1.82, 2.24) is 5.32 Å². The number of rotatable bonds is 5. The summed E-state index contributed by atoms with van der Waals surface area (Å²) in [6.45, 7) is -0.543. The van der Waals surface area contributed by atoms with Gasteiger partial charge in [0.2, 0.25) is 11.8 Å². The Hall–Kier alpha value is -3.16. The second-order valence-corrected chi connectivity index (χ2v) is 4.84. The molecule has 2 amide bonds. The van der Waals surface area contributed by atoms with Gasteiger partial charge in [-0.05, 0) is 24.3 Å². The van der Waals surface area contributed by atoms with E-state index in [0.29, 0.717) is 6.07 Å². The zero-order valence-corrected chi connectivity index (χ0v) is 12.7. The molecule has 0 aromatic heterocycles. The fraction of sp³-hybridized carbons (Fsp3) is 0.0588. The molecule has 0 saturated heterocycles. The number of halogens is 4. The van der Waals surface area contributed by atoms with E-state index in [1.807, 2.05) is 5.32 Å². The van der Waals surface area contributed by atoms with Crippen molar-refractivity contribution in [2.45, 2.75) is 0 Å². The summed E-state index contributed by atoms with van der Waals surface area (Å²) in [6, 6.07) is 7.27. The minimum atomic E-state index is -1.71. The molecule has 0 radical (unpaired) electrons. The lowest BCUT2D eigenvalue weighted by atomic mass is 10.2. The van der Waals surface area contributed by atoms with Crippen LogP contribution in [0.2, 0.25) is 0 Å². The Morgan fingerprint density at radius 2 is 1.64 bits per heavy atom. The Morgan fingerprint density at radius 3 is 2.36 bits per heavy atom. The maximum Gasteiger partial charge on any atom is 0.244 e.